The number of rotatable bonds is 6. The van der Waals surface area contributed by atoms with E-state index in [9.17, 15) is 14.3 Å². The van der Waals surface area contributed by atoms with Crippen LogP contribution in [-0.2, 0) is 23.1 Å². The highest BCUT2D eigenvalue weighted by atomic mass is 31.2. The number of phosphoric acid groups is 1. The molecule has 15 heavy (non-hydrogen) atoms. The van der Waals surface area contributed by atoms with Gasteiger partial charge in [-0.25, -0.2) is 9.36 Å². The van der Waals surface area contributed by atoms with E-state index in [-0.39, 0.29) is 13.2 Å². The largest absolute Gasteiger partial charge is 0.473 e. The molecule has 1 atom stereocenters. The van der Waals surface area contributed by atoms with E-state index in [2.05, 4.69) is 9.26 Å². The van der Waals surface area contributed by atoms with Gasteiger partial charge in [-0.2, -0.15) is 0 Å². The molecule has 0 spiro atoms. The Morgan fingerprint density at radius 3 is 2.27 bits per heavy atom. The quantitative estimate of drug-likeness (QED) is 0.559. The number of hydrogen-bond acceptors (Lipinski definition) is 5. The Balaban J connectivity index is 4.48. The second-order valence-corrected chi connectivity index (χ2v) is 4.59. The molecule has 0 aromatic rings. The van der Waals surface area contributed by atoms with Crippen LogP contribution in [0, 0.1) is 0 Å². The van der Waals surface area contributed by atoms with Gasteiger partial charge in [0.25, 0.3) is 0 Å². The van der Waals surface area contributed by atoms with Gasteiger partial charge in [-0.15, -0.1) is 0 Å². The van der Waals surface area contributed by atoms with Crippen LogP contribution in [0.5, 0.6) is 0 Å². The fourth-order valence-electron chi connectivity index (χ4n) is 0.820. The molecule has 0 amide bonds. The van der Waals surface area contributed by atoms with E-state index in [1.165, 1.54) is 13.8 Å². The van der Waals surface area contributed by atoms with E-state index in [1.54, 1.807) is 13.8 Å². The second-order valence-electron chi connectivity index (χ2n) is 3.21. The normalized spacial score (nSPS) is 15.8. The van der Waals surface area contributed by atoms with Crippen LogP contribution in [-0.4, -0.2) is 29.7 Å². The molecule has 1 unspecified atom stereocenters. The third-order valence-electron chi connectivity index (χ3n) is 1.40. The van der Waals surface area contributed by atoms with Crippen LogP contribution in [0.25, 0.3) is 0 Å². The van der Waals surface area contributed by atoms with E-state index in [0.717, 1.165) is 0 Å². The predicted molar refractivity (Wildman–Crippen MR) is 53.2 cm³/mol. The molecule has 0 aromatic carbocycles. The summed E-state index contributed by atoms with van der Waals surface area (Å²) in [5, 5.41) is 0. The summed E-state index contributed by atoms with van der Waals surface area (Å²) >= 11 is 0. The molecule has 6 nitrogen and oxygen atoms in total. The Morgan fingerprint density at radius 1 is 1.33 bits per heavy atom. The molecule has 0 saturated carbocycles. The highest BCUT2D eigenvalue weighted by Gasteiger charge is 2.38. The van der Waals surface area contributed by atoms with Crippen LogP contribution in [0.15, 0.2) is 0 Å². The van der Waals surface area contributed by atoms with E-state index in [0.29, 0.717) is 0 Å². The van der Waals surface area contributed by atoms with E-state index in [1.807, 2.05) is 0 Å². The summed E-state index contributed by atoms with van der Waals surface area (Å²) in [6.45, 7) is 6.06. The van der Waals surface area contributed by atoms with Crippen LogP contribution < -0.4 is 0 Å². The Hall–Kier alpha value is -0.420. The van der Waals surface area contributed by atoms with Gasteiger partial charge in [0.15, 0.2) is 5.60 Å². The third-order valence-corrected chi connectivity index (χ3v) is 2.67. The average molecular weight is 240 g/mol. The molecule has 7 heteroatoms. The summed E-state index contributed by atoms with van der Waals surface area (Å²) in [7, 11) is -4.19. The van der Waals surface area contributed by atoms with E-state index < -0.39 is 19.4 Å². The molecule has 1 N–H and O–H groups in total. The fourth-order valence-corrected chi connectivity index (χ4v) is 1.85. The van der Waals surface area contributed by atoms with Gasteiger partial charge in [0.05, 0.1) is 13.2 Å². The second kappa shape index (κ2) is 5.61. The Labute approximate surface area is 89.1 Å². The van der Waals surface area contributed by atoms with Gasteiger partial charge in [-0.05, 0) is 27.7 Å². The van der Waals surface area contributed by atoms with Crippen molar-refractivity contribution >= 4 is 13.8 Å². The zero-order valence-corrected chi connectivity index (χ0v) is 10.2. The first-order valence-electron chi connectivity index (χ1n) is 4.60. The smallest absolute Gasteiger partial charge is 0.464 e. The summed E-state index contributed by atoms with van der Waals surface area (Å²) in [5.41, 5.74) is -1.50. The first kappa shape index (κ1) is 14.6. The van der Waals surface area contributed by atoms with Gasteiger partial charge < -0.3 is 9.63 Å². The number of phosphoric ester groups is 1. The van der Waals surface area contributed by atoms with Crippen molar-refractivity contribution in [2.75, 3.05) is 13.2 Å². The highest BCUT2D eigenvalue weighted by molar-refractivity contribution is 7.47. The van der Waals surface area contributed by atoms with Gasteiger partial charge in [-0.3, -0.25) is 9.05 Å². The lowest BCUT2D eigenvalue weighted by Crippen LogP contribution is -2.36. The fraction of sp³-hybridized carbons (Fsp3) is 0.875. The molecule has 0 bridgehead atoms. The van der Waals surface area contributed by atoms with Crippen molar-refractivity contribution in [1.29, 1.82) is 0 Å². The van der Waals surface area contributed by atoms with Gasteiger partial charge >= 0.3 is 13.8 Å². The molecule has 0 radical (unpaired) electrons. The monoisotopic (exact) mass is 240 g/mol. The van der Waals surface area contributed by atoms with Crippen LogP contribution in [0.1, 0.15) is 27.7 Å². The van der Waals surface area contributed by atoms with Crippen LogP contribution >= 0.6 is 7.82 Å². The van der Waals surface area contributed by atoms with E-state index >= 15 is 0 Å². The Kier molecular flexibility index (Phi) is 5.45. The molecule has 0 aromatic heterocycles. The summed E-state index contributed by atoms with van der Waals surface area (Å²) in [4.78, 5) is 20.5. The third kappa shape index (κ3) is 5.28. The molecule has 90 valence electrons. The molecular weight excluding hydrogens is 223 g/mol. The molecule has 0 aliphatic carbocycles. The Bertz CT molecular complexity index is 262. The van der Waals surface area contributed by atoms with Crippen LogP contribution in [0.3, 0.4) is 0 Å². The van der Waals surface area contributed by atoms with Gasteiger partial charge in [0, 0.05) is 0 Å². The first-order chi connectivity index (χ1) is 6.75. The molecule has 0 heterocycles. The van der Waals surface area contributed by atoms with Crippen molar-refractivity contribution in [2.24, 2.45) is 0 Å². The van der Waals surface area contributed by atoms with Gasteiger partial charge in [-0.1, -0.05) is 0 Å². The number of hydrogen-bond donors (Lipinski definition) is 1. The maximum absolute atomic E-state index is 11.3. The summed E-state index contributed by atoms with van der Waals surface area (Å²) in [5.74, 6) is -0.709. The SMILES string of the molecule is CCOC(=O)C(C)(C)OP(=O)(O)OCC. The highest BCUT2D eigenvalue weighted by Crippen LogP contribution is 2.47. The van der Waals surface area contributed by atoms with Gasteiger partial charge in [0.1, 0.15) is 0 Å². The molecule has 0 aliphatic heterocycles. The molecule has 0 rings (SSSR count). The predicted octanol–water partition coefficient (Wildman–Crippen LogP) is 1.48. The summed E-state index contributed by atoms with van der Waals surface area (Å²) in [6, 6.07) is 0. The molecule has 0 fully saturated rings. The lowest BCUT2D eigenvalue weighted by Gasteiger charge is -2.24. The maximum atomic E-state index is 11.3. The lowest BCUT2D eigenvalue weighted by atomic mass is 10.1. The number of carbonyl (C=O) groups is 1. The summed E-state index contributed by atoms with van der Waals surface area (Å²) in [6.07, 6.45) is 0. The van der Waals surface area contributed by atoms with Crippen molar-refractivity contribution in [3.05, 3.63) is 0 Å². The zero-order valence-electron chi connectivity index (χ0n) is 9.35. The van der Waals surface area contributed by atoms with Crippen molar-refractivity contribution in [1.82, 2.24) is 0 Å². The minimum absolute atomic E-state index is 0.0205. The standard InChI is InChI=1S/C8H17O6P/c1-5-12-7(9)8(3,4)14-15(10,11)13-6-2/h5-6H2,1-4H3,(H,10,11). The first-order valence-corrected chi connectivity index (χ1v) is 6.10. The van der Waals surface area contributed by atoms with Crippen molar-refractivity contribution in [2.45, 2.75) is 33.3 Å². The van der Waals surface area contributed by atoms with Crippen molar-refractivity contribution < 1.29 is 28.0 Å². The minimum Gasteiger partial charge on any atom is -0.464 e. The number of ether oxygens (including phenoxy) is 1. The minimum atomic E-state index is -4.19. The maximum Gasteiger partial charge on any atom is 0.473 e. The lowest BCUT2D eigenvalue weighted by molar-refractivity contribution is -0.160. The number of esters is 1. The topological polar surface area (TPSA) is 82.1 Å². The molecule has 0 aliphatic rings. The summed E-state index contributed by atoms with van der Waals surface area (Å²) < 4.78 is 25.1. The Morgan fingerprint density at radius 2 is 1.87 bits per heavy atom. The van der Waals surface area contributed by atoms with E-state index in [4.69, 9.17) is 4.52 Å². The molecule has 0 saturated heterocycles. The van der Waals surface area contributed by atoms with Crippen LogP contribution in [0.4, 0.5) is 0 Å². The average Bonchev–Trinajstić information content (AvgIpc) is 2.01. The van der Waals surface area contributed by atoms with Crippen LogP contribution in [0.2, 0.25) is 0 Å². The zero-order chi connectivity index (χ0) is 12.1. The molecular formula is C8H17O6P. The number of carbonyl (C=O) groups excluding carboxylic acids is 1. The van der Waals surface area contributed by atoms with Gasteiger partial charge in [0.2, 0.25) is 0 Å². The van der Waals surface area contributed by atoms with Crippen molar-refractivity contribution in [3.8, 4) is 0 Å². The van der Waals surface area contributed by atoms with Crippen molar-refractivity contribution in [3.63, 3.8) is 0 Å².